The number of allylic oxidation sites excluding steroid dienone is 1. The van der Waals surface area contributed by atoms with E-state index in [0.29, 0.717) is 18.1 Å². The quantitative estimate of drug-likeness (QED) is 0.316. The van der Waals surface area contributed by atoms with E-state index in [1.807, 2.05) is 6.08 Å². The first kappa shape index (κ1) is 27.8. The normalized spacial score (nSPS) is 27.2. The second-order valence-corrected chi connectivity index (χ2v) is 9.99. The van der Waals surface area contributed by atoms with Gasteiger partial charge in [-0.25, -0.2) is 13.2 Å². The Balaban J connectivity index is 1.55. The molecule has 0 saturated heterocycles. The van der Waals surface area contributed by atoms with Crippen molar-refractivity contribution in [2.45, 2.75) is 89.6 Å². The monoisotopic (exact) mass is 512 g/mol. The van der Waals surface area contributed by atoms with Gasteiger partial charge in [0, 0.05) is 0 Å². The summed E-state index contributed by atoms with van der Waals surface area (Å²) in [6.07, 6.45) is -1.07. The third-order valence-electron chi connectivity index (χ3n) is 7.47. The van der Waals surface area contributed by atoms with Crippen LogP contribution in [-0.2, 0) is 0 Å². The van der Waals surface area contributed by atoms with Gasteiger partial charge in [0.05, 0.1) is 0 Å². The Morgan fingerprint density at radius 2 is 1.40 bits per heavy atom. The largest absolute Gasteiger partial charge is 0.439 e. The van der Waals surface area contributed by atoms with Crippen LogP contribution in [0.2, 0.25) is 0 Å². The Kier molecular flexibility index (Phi) is 9.13. The molecule has 2 fully saturated rings. The van der Waals surface area contributed by atoms with Crippen LogP contribution in [0.5, 0.6) is 5.75 Å². The summed E-state index contributed by atoms with van der Waals surface area (Å²) in [4.78, 5) is 0. The number of rotatable bonds is 8. The van der Waals surface area contributed by atoms with Gasteiger partial charge in [0.1, 0.15) is 0 Å². The molecule has 0 radical (unpaired) electrons. The average molecular weight is 513 g/mol. The first-order valence-corrected chi connectivity index (χ1v) is 12.4. The van der Waals surface area contributed by atoms with E-state index < -0.39 is 35.8 Å². The van der Waals surface area contributed by atoms with Gasteiger partial charge >= 0.3 is 12.3 Å². The van der Waals surface area contributed by atoms with Crippen LogP contribution in [0.4, 0.5) is 35.1 Å². The van der Waals surface area contributed by atoms with Crippen molar-refractivity contribution in [3.8, 4) is 5.75 Å². The Morgan fingerprint density at radius 1 is 0.886 bits per heavy atom. The Morgan fingerprint density at radius 3 is 1.89 bits per heavy atom. The lowest BCUT2D eigenvalue weighted by Crippen LogP contribution is -2.46. The summed E-state index contributed by atoms with van der Waals surface area (Å²) < 4.78 is 108. The Hall–Kier alpha value is -1.80. The van der Waals surface area contributed by atoms with Crippen LogP contribution >= 0.6 is 0 Å². The van der Waals surface area contributed by atoms with Crippen LogP contribution in [0.3, 0.4) is 0 Å². The molecule has 0 aliphatic heterocycles. The number of alkyl halides is 6. The van der Waals surface area contributed by atoms with Gasteiger partial charge in [-0.2, -0.15) is 22.0 Å². The molecule has 0 heterocycles. The third-order valence-corrected chi connectivity index (χ3v) is 7.47. The first-order valence-electron chi connectivity index (χ1n) is 12.4. The van der Waals surface area contributed by atoms with E-state index in [-0.39, 0.29) is 11.5 Å². The molecular weight excluding hydrogens is 480 g/mol. The van der Waals surface area contributed by atoms with Gasteiger partial charge in [-0.1, -0.05) is 44.8 Å². The maximum atomic E-state index is 14.2. The van der Waals surface area contributed by atoms with Crippen LogP contribution in [0.1, 0.15) is 76.7 Å². The molecule has 0 N–H and O–H groups in total. The molecule has 2 saturated carbocycles. The first-order chi connectivity index (χ1) is 16.4. The van der Waals surface area contributed by atoms with Gasteiger partial charge < -0.3 is 4.74 Å². The lowest BCUT2D eigenvalue weighted by Gasteiger charge is -2.37. The predicted octanol–water partition coefficient (Wildman–Crippen LogP) is 9.26. The van der Waals surface area contributed by atoms with Crippen molar-refractivity contribution in [3.63, 3.8) is 0 Å². The molecule has 9 heteroatoms. The lowest BCUT2D eigenvalue weighted by molar-refractivity contribution is -0.306. The van der Waals surface area contributed by atoms with E-state index in [1.165, 1.54) is 44.6 Å². The van der Waals surface area contributed by atoms with E-state index in [2.05, 4.69) is 11.7 Å². The fourth-order valence-corrected chi connectivity index (χ4v) is 5.56. The summed E-state index contributed by atoms with van der Waals surface area (Å²) >= 11 is 0. The zero-order valence-electron chi connectivity index (χ0n) is 19.7. The minimum absolute atomic E-state index is 0.0136. The number of hydrogen-bond donors (Lipinski definition) is 0. The number of ether oxygens (including phenoxy) is 1. The third kappa shape index (κ3) is 7.35. The molecule has 2 aliphatic rings. The maximum Gasteiger partial charge on any atom is 0.439 e. The fraction of sp³-hybridized carbons (Fsp3) is 0.692. The van der Waals surface area contributed by atoms with E-state index in [9.17, 15) is 35.1 Å². The summed E-state index contributed by atoms with van der Waals surface area (Å²) in [7, 11) is 0. The van der Waals surface area contributed by atoms with Gasteiger partial charge in [0.25, 0.3) is 6.17 Å². The summed E-state index contributed by atoms with van der Waals surface area (Å²) in [5, 5.41) is 0. The smallest absolute Gasteiger partial charge is 0.424 e. The second kappa shape index (κ2) is 11.5. The summed E-state index contributed by atoms with van der Waals surface area (Å²) in [6.45, 7) is 2.23. The topological polar surface area (TPSA) is 9.23 Å². The average Bonchev–Trinajstić information content (AvgIpc) is 2.80. The Labute approximate surface area is 200 Å². The fourth-order valence-electron chi connectivity index (χ4n) is 5.56. The maximum absolute atomic E-state index is 14.2. The molecule has 0 amide bonds. The zero-order chi connectivity index (χ0) is 25.8. The lowest BCUT2D eigenvalue weighted by atomic mass is 9.68. The minimum Gasteiger partial charge on any atom is -0.424 e. The van der Waals surface area contributed by atoms with Crippen molar-refractivity contribution in [2.24, 2.45) is 23.7 Å². The molecule has 0 bridgehead atoms. The van der Waals surface area contributed by atoms with Gasteiger partial charge in [0.2, 0.25) is 0 Å². The van der Waals surface area contributed by atoms with Gasteiger partial charge in [0.15, 0.2) is 17.4 Å². The van der Waals surface area contributed by atoms with E-state index in [1.54, 1.807) is 0 Å². The van der Waals surface area contributed by atoms with E-state index >= 15 is 0 Å². The van der Waals surface area contributed by atoms with Crippen LogP contribution in [-0.4, -0.2) is 18.5 Å². The van der Waals surface area contributed by atoms with Gasteiger partial charge in [-0.05, 0) is 79.9 Å². The van der Waals surface area contributed by atoms with E-state index in [0.717, 1.165) is 37.5 Å². The predicted molar refractivity (Wildman–Crippen MR) is 118 cm³/mol. The molecule has 198 valence electrons. The number of halogens is 8. The molecular formula is C26H32F8O. The highest BCUT2D eigenvalue weighted by Crippen LogP contribution is 2.43. The van der Waals surface area contributed by atoms with Crippen molar-refractivity contribution < 1.29 is 39.9 Å². The van der Waals surface area contributed by atoms with Crippen LogP contribution in [0.25, 0.3) is 6.08 Å². The minimum atomic E-state index is -5.95. The molecule has 0 aromatic heterocycles. The molecule has 3 rings (SSSR count). The summed E-state index contributed by atoms with van der Waals surface area (Å²) in [6, 6.07) is 1.35. The van der Waals surface area contributed by atoms with Crippen LogP contribution in [0, 0.1) is 35.3 Å². The van der Waals surface area contributed by atoms with Crippen molar-refractivity contribution >= 4 is 6.08 Å². The van der Waals surface area contributed by atoms with Crippen molar-refractivity contribution in [1.82, 2.24) is 0 Å². The highest BCUT2D eigenvalue weighted by atomic mass is 19.4. The second-order valence-electron chi connectivity index (χ2n) is 9.99. The molecule has 35 heavy (non-hydrogen) atoms. The van der Waals surface area contributed by atoms with Crippen molar-refractivity contribution in [2.75, 3.05) is 0 Å². The Bertz CT molecular complexity index is 826. The molecule has 0 spiro atoms. The molecule has 1 aromatic carbocycles. The standard InChI is InChI=1S/C26H32F8O/c1-2-3-16-6-10-19(11-7-16)20-12-8-17(9-13-20)4-5-18-14-21(27)23(22(28)15-18)35-26(33,34)24(29)25(30,31)32/h4-5,14-17,19-20,24H,2-3,6-13H2,1H3/b5-4+. The van der Waals surface area contributed by atoms with Crippen LogP contribution in [0.15, 0.2) is 18.2 Å². The summed E-state index contributed by atoms with van der Waals surface area (Å²) in [5.41, 5.74) is 0.0136. The molecule has 1 nitrogen and oxygen atoms in total. The molecule has 2 aliphatic carbocycles. The number of benzene rings is 1. The summed E-state index contributed by atoms with van der Waals surface area (Å²) in [5.74, 6) is -2.49. The van der Waals surface area contributed by atoms with Gasteiger partial charge in [-0.15, -0.1) is 0 Å². The zero-order valence-corrected chi connectivity index (χ0v) is 19.7. The molecule has 1 unspecified atom stereocenters. The van der Waals surface area contributed by atoms with Gasteiger partial charge in [-0.3, -0.25) is 0 Å². The highest BCUT2D eigenvalue weighted by molar-refractivity contribution is 5.52. The van der Waals surface area contributed by atoms with Crippen LogP contribution < -0.4 is 4.74 Å². The SMILES string of the molecule is CCCC1CCC(C2CCC(/C=C/c3cc(F)c(OC(F)(F)C(F)C(F)(F)F)c(F)c3)CC2)CC1. The highest BCUT2D eigenvalue weighted by Gasteiger charge is 2.59. The number of hydrogen-bond acceptors (Lipinski definition) is 1. The van der Waals surface area contributed by atoms with Crippen molar-refractivity contribution in [1.29, 1.82) is 0 Å². The van der Waals surface area contributed by atoms with Crippen molar-refractivity contribution in [3.05, 3.63) is 35.4 Å². The van der Waals surface area contributed by atoms with E-state index in [4.69, 9.17) is 0 Å². The molecule has 1 aromatic rings. The molecule has 1 atom stereocenters.